The number of thioether (sulfide) groups is 1. The fourth-order valence-electron chi connectivity index (χ4n) is 1.76. The van der Waals surface area contributed by atoms with Gasteiger partial charge >= 0.3 is 0 Å². The summed E-state index contributed by atoms with van der Waals surface area (Å²) in [5.41, 5.74) is 0.799. The molecule has 118 valence electrons. The number of carbonyl (C=O) groups excluding carboxylic acids is 1. The molecule has 2 rings (SSSR count). The Labute approximate surface area is 138 Å². The number of hydrogen-bond acceptors (Lipinski definition) is 5. The summed E-state index contributed by atoms with van der Waals surface area (Å²) in [5, 5.41) is 11.8. The van der Waals surface area contributed by atoms with Crippen LogP contribution in [0.15, 0.2) is 33.9 Å². The number of rotatable bonds is 8. The monoisotopic (exact) mass is 339 g/mol. The summed E-state index contributed by atoms with van der Waals surface area (Å²) in [7, 11) is 0. The zero-order valence-electron chi connectivity index (χ0n) is 12.3. The van der Waals surface area contributed by atoms with Gasteiger partial charge in [0, 0.05) is 17.1 Å². The van der Waals surface area contributed by atoms with E-state index in [1.165, 1.54) is 11.8 Å². The number of carbonyl (C=O) groups is 1. The first-order chi connectivity index (χ1) is 10.7. The molecule has 1 amide bonds. The summed E-state index contributed by atoms with van der Waals surface area (Å²) >= 11 is 7.07. The summed E-state index contributed by atoms with van der Waals surface area (Å²) in [5.74, 6) is 0.670. The van der Waals surface area contributed by atoms with Gasteiger partial charge in [-0.25, -0.2) is 0 Å². The number of hydrogen-bond donors (Lipinski definition) is 1. The SMILES string of the molecule is CCCCCNC(=O)CSc1nnc(-c2ccc(Cl)cc2)o1. The van der Waals surface area contributed by atoms with Gasteiger partial charge in [0.2, 0.25) is 11.8 Å². The summed E-state index contributed by atoms with van der Waals surface area (Å²) in [6, 6.07) is 7.14. The van der Waals surface area contributed by atoms with Crippen LogP contribution in [0.5, 0.6) is 0 Å². The van der Waals surface area contributed by atoms with Crippen LogP contribution in [0.4, 0.5) is 0 Å². The summed E-state index contributed by atoms with van der Waals surface area (Å²) in [6.45, 7) is 2.85. The molecule has 0 unspecified atom stereocenters. The van der Waals surface area contributed by atoms with Crippen LogP contribution in [0.3, 0.4) is 0 Å². The van der Waals surface area contributed by atoms with Gasteiger partial charge in [-0.1, -0.05) is 43.1 Å². The number of nitrogens with zero attached hydrogens (tertiary/aromatic N) is 2. The van der Waals surface area contributed by atoms with E-state index in [9.17, 15) is 4.79 Å². The van der Waals surface area contributed by atoms with Gasteiger partial charge in [-0.3, -0.25) is 4.79 Å². The molecular weight excluding hydrogens is 322 g/mol. The molecule has 0 spiro atoms. The average molecular weight is 340 g/mol. The van der Waals surface area contributed by atoms with Crippen molar-refractivity contribution in [2.75, 3.05) is 12.3 Å². The number of unbranched alkanes of at least 4 members (excludes halogenated alkanes) is 2. The molecule has 0 saturated carbocycles. The van der Waals surface area contributed by atoms with E-state index in [0.29, 0.717) is 22.7 Å². The fraction of sp³-hybridized carbons (Fsp3) is 0.400. The zero-order chi connectivity index (χ0) is 15.8. The second-order valence-corrected chi connectivity index (χ2v) is 6.09. The van der Waals surface area contributed by atoms with Gasteiger partial charge in [-0.2, -0.15) is 0 Å². The molecule has 0 fully saturated rings. The third kappa shape index (κ3) is 5.35. The minimum absolute atomic E-state index is 0.0210. The summed E-state index contributed by atoms with van der Waals surface area (Å²) < 4.78 is 5.52. The van der Waals surface area contributed by atoms with Crippen LogP contribution in [0, 0.1) is 0 Å². The second-order valence-electron chi connectivity index (χ2n) is 4.73. The maximum Gasteiger partial charge on any atom is 0.277 e. The molecule has 1 aromatic heterocycles. The quantitative estimate of drug-likeness (QED) is 0.585. The number of benzene rings is 1. The van der Waals surface area contributed by atoms with E-state index < -0.39 is 0 Å². The highest BCUT2D eigenvalue weighted by Crippen LogP contribution is 2.24. The van der Waals surface area contributed by atoms with Crippen LogP contribution in [0.25, 0.3) is 11.5 Å². The standard InChI is InChI=1S/C15H18ClN3O2S/c1-2-3-4-9-17-13(20)10-22-15-19-18-14(21-15)11-5-7-12(16)8-6-11/h5-8H,2-4,9-10H2,1H3,(H,17,20). The van der Waals surface area contributed by atoms with Crippen molar-refractivity contribution < 1.29 is 9.21 Å². The normalized spacial score (nSPS) is 10.6. The lowest BCUT2D eigenvalue weighted by Gasteiger charge is -2.02. The molecular formula is C15H18ClN3O2S. The molecule has 1 aromatic carbocycles. The smallest absolute Gasteiger partial charge is 0.277 e. The first kappa shape index (κ1) is 16.8. The molecule has 7 heteroatoms. The molecule has 0 radical (unpaired) electrons. The largest absolute Gasteiger partial charge is 0.411 e. The van der Waals surface area contributed by atoms with Gasteiger partial charge in [0.25, 0.3) is 5.22 Å². The lowest BCUT2D eigenvalue weighted by Crippen LogP contribution is -2.26. The lowest BCUT2D eigenvalue weighted by molar-refractivity contribution is -0.118. The van der Waals surface area contributed by atoms with E-state index >= 15 is 0 Å². The van der Waals surface area contributed by atoms with E-state index in [4.69, 9.17) is 16.0 Å². The molecule has 2 aromatic rings. The highest BCUT2D eigenvalue weighted by atomic mass is 35.5. The Hall–Kier alpha value is -1.53. The van der Waals surface area contributed by atoms with Crippen LogP contribution in [-0.4, -0.2) is 28.4 Å². The van der Waals surface area contributed by atoms with Crippen molar-refractivity contribution in [3.05, 3.63) is 29.3 Å². The number of aromatic nitrogens is 2. The van der Waals surface area contributed by atoms with Crippen LogP contribution in [-0.2, 0) is 4.79 Å². The number of amides is 1. The Kier molecular flexibility index (Phi) is 6.74. The van der Waals surface area contributed by atoms with Crippen molar-refractivity contribution in [2.45, 2.75) is 31.4 Å². The molecule has 5 nitrogen and oxygen atoms in total. The Bertz CT molecular complexity index is 601. The summed E-state index contributed by atoms with van der Waals surface area (Å²) in [6.07, 6.45) is 3.27. The van der Waals surface area contributed by atoms with Crippen molar-refractivity contribution in [3.8, 4) is 11.5 Å². The molecule has 0 aliphatic heterocycles. The Morgan fingerprint density at radius 2 is 2.05 bits per heavy atom. The van der Waals surface area contributed by atoms with Gasteiger partial charge in [-0.05, 0) is 30.7 Å². The topological polar surface area (TPSA) is 68.0 Å². The third-order valence-electron chi connectivity index (χ3n) is 2.93. The highest BCUT2D eigenvalue weighted by Gasteiger charge is 2.11. The predicted octanol–water partition coefficient (Wildman–Crippen LogP) is 3.79. The molecule has 1 N–H and O–H groups in total. The van der Waals surface area contributed by atoms with Gasteiger partial charge in [0.1, 0.15) is 0 Å². The summed E-state index contributed by atoms with van der Waals surface area (Å²) in [4.78, 5) is 11.7. The molecule has 0 bridgehead atoms. The number of halogens is 1. The molecule has 0 saturated heterocycles. The van der Waals surface area contributed by atoms with E-state index in [1.807, 2.05) is 12.1 Å². The Balaban J connectivity index is 1.79. The van der Waals surface area contributed by atoms with Crippen molar-refractivity contribution >= 4 is 29.3 Å². The van der Waals surface area contributed by atoms with E-state index in [-0.39, 0.29) is 11.7 Å². The van der Waals surface area contributed by atoms with Crippen molar-refractivity contribution in [2.24, 2.45) is 0 Å². The van der Waals surface area contributed by atoms with Gasteiger partial charge < -0.3 is 9.73 Å². The average Bonchev–Trinajstić information content (AvgIpc) is 2.99. The van der Waals surface area contributed by atoms with Gasteiger partial charge in [0.15, 0.2) is 0 Å². The molecule has 0 aliphatic rings. The minimum Gasteiger partial charge on any atom is -0.411 e. The van der Waals surface area contributed by atoms with Crippen molar-refractivity contribution in [3.63, 3.8) is 0 Å². The van der Waals surface area contributed by atoms with E-state index in [2.05, 4.69) is 22.4 Å². The zero-order valence-corrected chi connectivity index (χ0v) is 13.9. The van der Waals surface area contributed by atoms with Gasteiger partial charge in [-0.15, -0.1) is 10.2 Å². The maximum atomic E-state index is 11.7. The van der Waals surface area contributed by atoms with Crippen LogP contribution in [0.1, 0.15) is 26.2 Å². The molecule has 1 heterocycles. The van der Waals surface area contributed by atoms with E-state index in [1.54, 1.807) is 12.1 Å². The van der Waals surface area contributed by atoms with Gasteiger partial charge in [0.05, 0.1) is 5.75 Å². The second kappa shape index (κ2) is 8.80. The minimum atomic E-state index is -0.0210. The molecule has 0 aliphatic carbocycles. The van der Waals surface area contributed by atoms with Crippen LogP contribution in [0.2, 0.25) is 5.02 Å². The third-order valence-corrected chi connectivity index (χ3v) is 4.00. The Morgan fingerprint density at radius 1 is 1.27 bits per heavy atom. The first-order valence-corrected chi connectivity index (χ1v) is 8.54. The Morgan fingerprint density at radius 3 is 2.77 bits per heavy atom. The number of nitrogens with one attached hydrogen (secondary N) is 1. The molecule has 22 heavy (non-hydrogen) atoms. The highest BCUT2D eigenvalue weighted by molar-refractivity contribution is 7.99. The van der Waals surface area contributed by atoms with E-state index in [0.717, 1.165) is 24.8 Å². The predicted molar refractivity (Wildman–Crippen MR) is 88.0 cm³/mol. The fourth-order valence-corrected chi connectivity index (χ4v) is 2.48. The first-order valence-electron chi connectivity index (χ1n) is 7.18. The van der Waals surface area contributed by atoms with Crippen LogP contribution < -0.4 is 5.32 Å². The molecule has 0 atom stereocenters. The van der Waals surface area contributed by atoms with Crippen molar-refractivity contribution in [1.29, 1.82) is 0 Å². The lowest BCUT2D eigenvalue weighted by atomic mass is 10.2. The maximum absolute atomic E-state index is 11.7. The van der Waals surface area contributed by atoms with Crippen molar-refractivity contribution in [1.82, 2.24) is 15.5 Å². The van der Waals surface area contributed by atoms with Crippen LogP contribution >= 0.6 is 23.4 Å².